The van der Waals surface area contributed by atoms with E-state index >= 15 is 0 Å². The van der Waals surface area contributed by atoms with Gasteiger partial charge in [0.1, 0.15) is 69.9 Å². The number of primary amides is 2. The van der Waals surface area contributed by atoms with Crippen LogP contribution in [-0.2, 0) is 95.5 Å². The Bertz CT molecular complexity index is 3350. The van der Waals surface area contributed by atoms with Gasteiger partial charge < -0.3 is 77.5 Å². The molecule has 7 unspecified atom stereocenters. The van der Waals surface area contributed by atoms with E-state index in [0.29, 0.717) is 0 Å². The van der Waals surface area contributed by atoms with Crippen LogP contribution in [0.1, 0.15) is 215 Å². The summed E-state index contributed by atoms with van der Waals surface area (Å²) < 4.78 is 30.7. The van der Waals surface area contributed by atoms with E-state index in [1.54, 1.807) is 20.8 Å². The quantitative estimate of drug-likeness (QED) is 0.0225. The molecule has 47 heteroatoms. The minimum atomic E-state index is -1.95. The molecule has 0 aliphatic heterocycles. The Labute approximate surface area is 646 Å². The van der Waals surface area contributed by atoms with E-state index in [1.807, 2.05) is 54.3 Å². The molecule has 0 aromatic rings. The third-order valence-corrected chi connectivity index (χ3v) is 13.0. The van der Waals surface area contributed by atoms with E-state index in [-0.39, 0.29) is 6.42 Å². The molecular weight excluding hydrogens is 1490 g/mol. The van der Waals surface area contributed by atoms with Gasteiger partial charge in [0, 0.05) is 44.9 Å². The highest BCUT2D eigenvalue weighted by Crippen LogP contribution is 2.14. The Morgan fingerprint density at radius 3 is 0.679 bits per heavy atom. The van der Waals surface area contributed by atoms with Crippen LogP contribution in [0.25, 0.3) is 0 Å². The van der Waals surface area contributed by atoms with Crippen molar-refractivity contribution in [1.82, 2.24) is 97.0 Å². The molecule has 24 N–H and O–H groups in total. The van der Waals surface area contributed by atoms with Crippen LogP contribution in [0.4, 0.5) is 28.8 Å². The van der Waals surface area contributed by atoms with Gasteiger partial charge in [-0.3, -0.25) is 99.7 Å². The van der Waals surface area contributed by atoms with Crippen molar-refractivity contribution in [2.75, 3.05) is 0 Å². The van der Waals surface area contributed by atoms with E-state index in [2.05, 4.69) is 42.8 Å². The number of hydrazine groups is 6. The first-order valence-electron chi connectivity index (χ1n) is 35.0. The molecule has 0 saturated heterocycles. The summed E-state index contributed by atoms with van der Waals surface area (Å²) in [6.07, 6.45) is -16.0. The lowest BCUT2D eigenvalue weighted by Crippen LogP contribution is -2.58. The number of carbonyl (C=O) groups is 20. The van der Waals surface area contributed by atoms with E-state index in [1.165, 1.54) is 104 Å². The fraction of sp³-hybridized carbons (Fsp3) is 0.692. The number of nitrogens with one attached hydrogen (secondary N) is 18. The predicted molar refractivity (Wildman–Crippen MR) is 388 cm³/mol. The summed E-state index contributed by atoms with van der Waals surface area (Å²) >= 11 is 0. The lowest BCUT2D eigenvalue weighted by molar-refractivity contribution is -0.134. The molecule has 0 radical (unpaired) electrons. The molecule has 20 amide bonds. The Morgan fingerprint density at radius 2 is 0.429 bits per heavy atom. The zero-order chi connectivity index (χ0) is 86.5. The van der Waals surface area contributed by atoms with Gasteiger partial charge in [-0.15, -0.1) is 0 Å². The number of amides is 20. The molecule has 7 atom stereocenters. The number of hydrogen-bond donors (Lipinski definition) is 21. The maximum Gasteiger partial charge on any atom is 0.426 e. The normalized spacial score (nSPS) is 13.3. The number of rotatable bonds is 34. The Kier molecular flexibility index (Phi) is 41.7. The fourth-order valence-corrected chi connectivity index (χ4v) is 8.30. The number of nitrogens with two attached hydrogens (primary N) is 3. The second kappa shape index (κ2) is 46.6. The fourth-order valence-electron chi connectivity index (χ4n) is 8.30. The van der Waals surface area contributed by atoms with Crippen LogP contribution < -0.4 is 114 Å². The number of hydrogen-bond acceptors (Lipinski definition) is 27. The summed E-state index contributed by atoms with van der Waals surface area (Å²) in [6.45, 7) is 27.3. The van der Waals surface area contributed by atoms with E-state index in [9.17, 15) is 95.9 Å². The van der Waals surface area contributed by atoms with Crippen molar-refractivity contribution in [3.05, 3.63) is 0 Å². The van der Waals surface area contributed by atoms with Crippen LogP contribution in [0.2, 0.25) is 0 Å². The first-order valence-corrected chi connectivity index (χ1v) is 35.0. The molecule has 634 valence electrons. The molecule has 0 rings (SSSR count). The largest absolute Gasteiger partial charge is 0.443 e. The second-order valence-electron chi connectivity index (χ2n) is 30.7. The third-order valence-electron chi connectivity index (χ3n) is 13.0. The summed E-state index contributed by atoms with van der Waals surface area (Å²) in [5, 5.41) is 13.8. The summed E-state index contributed by atoms with van der Waals surface area (Å²) in [6, 6.07) is -12.6. The summed E-state index contributed by atoms with van der Waals surface area (Å²) in [7, 11) is 0. The Morgan fingerprint density at radius 1 is 0.232 bits per heavy atom. The second-order valence-corrected chi connectivity index (χ2v) is 30.7. The average Bonchev–Trinajstić information content (AvgIpc) is 0.860. The molecule has 0 aromatic carbocycles. The van der Waals surface area contributed by atoms with Crippen molar-refractivity contribution >= 4 is 119 Å². The molecule has 47 nitrogen and oxygen atoms in total. The Hall–Kier alpha value is -11.8. The number of carbonyl (C=O) groups excluding carboxylic acids is 20. The maximum atomic E-state index is 14.6. The van der Waals surface area contributed by atoms with Gasteiger partial charge in [-0.05, 0) is 170 Å². The first-order chi connectivity index (χ1) is 51.2. The van der Waals surface area contributed by atoms with Crippen LogP contribution in [0.15, 0.2) is 0 Å². The molecule has 0 aromatic heterocycles. The molecule has 0 aliphatic carbocycles. The maximum absolute atomic E-state index is 14.6. The van der Waals surface area contributed by atoms with Gasteiger partial charge in [0.25, 0.3) is 17.7 Å². The monoisotopic (exact) mass is 1600 g/mol. The highest BCUT2D eigenvalue weighted by atomic mass is 16.6. The predicted octanol–water partition coefficient (Wildman–Crippen LogP) is -3.01. The number of ether oxygens (including phenoxy) is 6. The third kappa shape index (κ3) is 50.7. The molecule has 0 fully saturated rings. The van der Waals surface area contributed by atoms with Gasteiger partial charge in [-0.25, -0.2) is 61.3 Å². The van der Waals surface area contributed by atoms with Gasteiger partial charge in [-0.1, -0.05) is 0 Å². The highest BCUT2D eigenvalue weighted by Gasteiger charge is 2.35. The molecule has 0 spiro atoms. The highest BCUT2D eigenvalue weighted by molar-refractivity contribution is 5.97. The van der Waals surface area contributed by atoms with Gasteiger partial charge in [0.15, 0.2) is 0 Å². The zero-order valence-electron chi connectivity index (χ0n) is 66.3. The average molecular weight is 1600 g/mol. The van der Waals surface area contributed by atoms with E-state index < -0.39 is 279 Å². The topological polar surface area (TPSA) is 691 Å². The van der Waals surface area contributed by atoms with Gasteiger partial charge >= 0.3 is 36.6 Å². The first kappa shape index (κ1) is 100. The van der Waals surface area contributed by atoms with Crippen LogP contribution in [0.5, 0.6) is 0 Å². The minimum Gasteiger partial charge on any atom is -0.443 e. The summed E-state index contributed by atoms with van der Waals surface area (Å²) in [5.41, 5.74) is 34.8. The van der Waals surface area contributed by atoms with Gasteiger partial charge in [-0.2, -0.15) is 0 Å². The molecular formula is C65H113N21O26. The van der Waals surface area contributed by atoms with Crippen molar-refractivity contribution in [2.45, 2.75) is 290 Å². The summed E-state index contributed by atoms with van der Waals surface area (Å²) in [4.78, 5) is 263. The molecule has 0 saturated carbocycles. The van der Waals surface area contributed by atoms with Crippen LogP contribution in [0, 0.1) is 0 Å². The molecule has 0 bridgehead atoms. The Balaban J connectivity index is 7.69. The van der Waals surface area contributed by atoms with Crippen molar-refractivity contribution < 1.29 is 124 Å². The van der Waals surface area contributed by atoms with Crippen molar-refractivity contribution in [1.29, 1.82) is 0 Å². The zero-order valence-corrected chi connectivity index (χ0v) is 66.3. The smallest absolute Gasteiger partial charge is 0.426 e. The molecule has 112 heavy (non-hydrogen) atoms. The van der Waals surface area contributed by atoms with E-state index in [0.717, 1.165) is 0 Å². The van der Waals surface area contributed by atoms with Crippen molar-refractivity contribution in [3.63, 3.8) is 0 Å². The minimum absolute atomic E-state index is 0.360. The van der Waals surface area contributed by atoms with Crippen LogP contribution in [0.3, 0.4) is 0 Å². The lowest BCUT2D eigenvalue weighted by atomic mass is 10.0. The lowest BCUT2D eigenvalue weighted by Gasteiger charge is -2.25. The van der Waals surface area contributed by atoms with Crippen LogP contribution >= 0.6 is 0 Å². The molecule has 0 aliphatic rings. The summed E-state index contributed by atoms with van der Waals surface area (Å²) in [5.74, 6) is -15.6. The van der Waals surface area contributed by atoms with Crippen molar-refractivity contribution in [3.8, 4) is 0 Å². The molecule has 0 heterocycles. The van der Waals surface area contributed by atoms with Crippen LogP contribution in [-0.4, -0.2) is 195 Å². The standard InChI is InChI=1S/C65H113N21O26/c1-60(2,3)107-54(101)81-75-44(91)30-23-37(51(98)78-84-57(104)110-63(10,11)12)71-43(90)28-21-35(49(96)73-38(52(99)79-85-58(105)111-64(13,14)15)24-31-45(92)76-82-55(102)108-61(4,5)6)70-41(88)27-19-33(66)48(95)72-36(22-29-42(89)69-34(47(68)94)20-26-40(67)87)50(97)74-39(53(100)80-86-59(106)112-65(16,17)18)25-32-46(93)77-83-56(103)109-62(7,8)9/h33-39H,19-32,66H2,1-18H3,(H2,67,87)(H2,68,94)(H,69,89)(H,70,88)(H,71,90)(H,72,95)(H,73,96)(H,74,97)(H,75,91)(H,76,92)(H,77,93)(H,78,98)(H,79,99)(H,80,100)(H,81,101)(H,82,102)(H,83,103)(H,84,104)(H,85,105)(H,86,106). The van der Waals surface area contributed by atoms with E-state index in [4.69, 9.17) is 45.6 Å². The van der Waals surface area contributed by atoms with Gasteiger partial charge in [0.2, 0.25) is 65.0 Å². The van der Waals surface area contributed by atoms with Gasteiger partial charge in [0.05, 0.1) is 6.04 Å². The SMILES string of the molecule is CC(C)(C)OC(=O)NNC(=O)CCC(NC(=O)CCC(NC(=O)CCC(N)C(=O)NC(CCC(=O)NC(CCC(N)=O)C(N)=O)C(=O)NC(CCC(=O)NNC(=O)OC(C)(C)C)C(=O)NNC(=O)OC(C)(C)C)C(=O)NC(CCC(=O)NNC(=O)OC(C)(C)C)C(=O)NNC(=O)OC(C)(C)C)C(=O)NNC(=O)OC(C)(C)C. The van der Waals surface area contributed by atoms with Crippen molar-refractivity contribution in [2.24, 2.45) is 17.2 Å².